The molecule has 0 heterocycles. The normalized spacial score (nSPS) is 11.4. The van der Waals surface area contributed by atoms with E-state index in [9.17, 15) is 27.2 Å². The number of anilines is 2. The van der Waals surface area contributed by atoms with Gasteiger partial charge in [0, 0.05) is 6.08 Å². The zero-order valence-electron chi connectivity index (χ0n) is 12.6. The summed E-state index contributed by atoms with van der Waals surface area (Å²) in [5, 5.41) is 4.04. The van der Waals surface area contributed by atoms with Gasteiger partial charge < -0.3 is 10.6 Å². The van der Waals surface area contributed by atoms with Crippen molar-refractivity contribution in [3.63, 3.8) is 0 Å². The van der Waals surface area contributed by atoms with E-state index in [4.69, 9.17) is 0 Å². The third-order valence-corrected chi connectivity index (χ3v) is 2.97. The van der Waals surface area contributed by atoms with Gasteiger partial charge in [0.15, 0.2) is 0 Å². The van der Waals surface area contributed by atoms with Gasteiger partial charge in [0.25, 0.3) is 0 Å². The molecule has 0 saturated carbocycles. The van der Waals surface area contributed by atoms with Gasteiger partial charge in [-0.2, -0.15) is 13.2 Å². The summed E-state index contributed by atoms with van der Waals surface area (Å²) in [6.45, 7) is 0. The van der Waals surface area contributed by atoms with Gasteiger partial charge in [0.2, 0.25) is 5.91 Å². The highest BCUT2D eigenvalue weighted by Crippen LogP contribution is 2.24. The van der Waals surface area contributed by atoms with E-state index >= 15 is 0 Å². The van der Waals surface area contributed by atoms with Crippen molar-refractivity contribution in [1.82, 2.24) is 0 Å². The lowest BCUT2D eigenvalue weighted by Gasteiger charge is -2.12. The van der Waals surface area contributed by atoms with Crippen LogP contribution in [-0.2, 0) is 9.59 Å². The van der Waals surface area contributed by atoms with Gasteiger partial charge in [0.1, 0.15) is 5.82 Å². The Labute approximate surface area is 140 Å². The zero-order chi connectivity index (χ0) is 18.4. The highest BCUT2D eigenvalue weighted by molar-refractivity contribution is 6.06. The molecule has 0 spiro atoms. The second-order valence-corrected chi connectivity index (χ2v) is 4.88. The molecule has 0 unspecified atom stereocenters. The second-order valence-electron chi connectivity index (χ2n) is 4.88. The summed E-state index contributed by atoms with van der Waals surface area (Å²) in [4.78, 5) is 22.9. The van der Waals surface area contributed by atoms with Gasteiger partial charge in [-0.15, -0.1) is 0 Å². The van der Waals surface area contributed by atoms with Crippen LogP contribution in [0.2, 0.25) is 0 Å². The molecule has 2 aromatic carbocycles. The Morgan fingerprint density at radius 3 is 2.16 bits per heavy atom. The number of rotatable bonds is 4. The summed E-state index contributed by atoms with van der Waals surface area (Å²) in [5.74, 6) is -3.27. The third kappa shape index (κ3) is 5.45. The Bertz CT molecular complexity index is 816. The fourth-order valence-corrected chi connectivity index (χ4v) is 1.85. The molecule has 0 radical (unpaired) electrons. The van der Waals surface area contributed by atoms with Crippen molar-refractivity contribution in [1.29, 1.82) is 0 Å². The average Bonchev–Trinajstić information content (AvgIpc) is 2.54. The molecule has 8 heteroatoms. The van der Waals surface area contributed by atoms with Crippen LogP contribution in [0.5, 0.6) is 0 Å². The van der Waals surface area contributed by atoms with Gasteiger partial charge in [-0.25, -0.2) is 4.39 Å². The topological polar surface area (TPSA) is 58.2 Å². The highest BCUT2D eigenvalue weighted by Gasteiger charge is 2.38. The van der Waals surface area contributed by atoms with E-state index in [-0.39, 0.29) is 11.4 Å². The summed E-state index contributed by atoms with van der Waals surface area (Å²) in [5.41, 5.74) is 0.236. The molecule has 0 aliphatic carbocycles. The Morgan fingerprint density at radius 2 is 1.56 bits per heavy atom. The van der Waals surface area contributed by atoms with Crippen molar-refractivity contribution in [2.45, 2.75) is 6.18 Å². The van der Waals surface area contributed by atoms with Crippen LogP contribution in [0.25, 0.3) is 6.08 Å². The van der Waals surface area contributed by atoms with E-state index in [0.29, 0.717) is 5.56 Å². The Kier molecular flexibility index (Phi) is 5.53. The number of hydrogen-bond acceptors (Lipinski definition) is 2. The zero-order valence-corrected chi connectivity index (χ0v) is 12.6. The number of carbonyl (C=O) groups excluding carboxylic acids is 2. The van der Waals surface area contributed by atoms with E-state index in [1.165, 1.54) is 48.5 Å². The predicted octanol–water partition coefficient (Wildman–Crippen LogP) is 3.98. The predicted molar refractivity (Wildman–Crippen MR) is 85.2 cm³/mol. The molecule has 0 aromatic heterocycles. The molecule has 0 aliphatic heterocycles. The standard InChI is InChI=1S/C17H12F4N2O2/c18-12-5-3-4-11(10-12)8-9-15(24)22-13-6-1-2-7-14(13)23-16(25)17(19,20)21/h1-10H,(H,22,24)(H,23,25)/b9-8+. The molecule has 0 aliphatic rings. The molecule has 2 amide bonds. The molecule has 2 rings (SSSR count). The van der Waals surface area contributed by atoms with E-state index in [1.807, 2.05) is 0 Å². The number of alkyl halides is 3. The van der Waals surface area contributed by atoms with Gasteiger partial charge in [-0.05, 0) is 35.9 Å². The Hall–Kier alpha value is -3.16. The van der Waals surface area contributed by atoms with Crippen molar-refractivity contribution < 1.29 is 27.2 Å². The Balaban J connectivity index is 2.09. The van der Waals surface area contributed by atoms with Crippen LogP contribution in [0.1, 0.15) is 5.56 Å². The van der Waals surface area contributed by atoms with E-state index in [1.54, 1.807) is 11.4 Å². The van der Waals surface area contributed by atoms with E-state index in [2.05, 4.69) is 5.32 Å². The first kappa shape index (κ1) is 18.2. The summed E-state index contributed by atoms with van der Waals surface area (Å²) in [6.07, 6.45) is -2.61. The minimum absolute atomic E-state index is 0.00556. The maximum Gasteiger partial charge on any atom is 0.471 e. The smallest absolute Gasteiger partial charge is 0.321 e. The maximum atomic E-state index is 13.0. The lowest BCUT2D eigenvalue weighted by Crippen LogP contribution is -2.30. The molecule has 25 heavy (non-hydrogen) atoms. The first-order valence-corrected chi connectivity index (χ1v) is 6.97. The summed E-state index contributed by atoms with van der Waals surface area (Å²) >= 11 is 0. The molecule has 2 N–H and O–H groups in total. The molecule has 0 atom stereocenters. The van der Waals surface area contributed by atoms with Crippen molar-refractivity contribution >= 4 is 29.3 Å². The van der Waals surface area contributed by atoms with Crippen LogP contribution in [0.3, 0.4) is 0 Å². The lowest BCUT2D eigenvalue weighted by molar-refractivity contribution is -0.167. The van der Waals surface area contributed by atoms with Crippen LogP contribution in [0.15, 0.2) is 54.6 Å². The number of halogens is 4. The number of carbonyl (C=O) groups is 2. The van der Waals surface area contributed by atoms with Crippen molar-refractivity contribution in [2.75, 3.05) is 10.6 Å². The van der Waals surface area contributed by atoms with Gasteiger partial charge in [-0.3, -0.25) is 9.59 Å². The van der Waals surface area contributed by atoms with Crippen molar-refractivity contribution in [3.05, 3.63) is 66.0 Å². The summed E-state index contributed by atoms with van der Waals surface area (Å²) < 4.78 is 50.0. The van der Waals surface area contributed by atoms with Crippen LogP contribution in [-0.4, -0.2) is 18.0 Å². The van der Waals surface area contributed by atoms with Gasteiger partial charge >= 0.3 is 12.1 Å². The van der Waals surface area contributed by atoms with Crippen molar-refractivity contribution in [2.24, 2.45) is 0 Å². The summed E-state index contributed by atoms with van der Waals surface area (Å²) in [7, 11) is 0. The number of amides is 2. The van der Waals surface area contributed by atoms with Gasteiger partial charge in [0.05, 0.1) is 11.4 Å². The molecule has 0 saturated heterocycles. The second kappa shape index (κ2) is 7.61. The van der Waals surface area contributed by atoms with Crippen LogP contribution in [0, 0.1) is 5.82 Å². The number of nitrogens with one attached hydrogen (secondary N) is 2. The molecular formula is C17H12F4N2O2. The molecule has 0 bridgehead atoms. The number of para-hydroxylation sites is 2. The van der Waals surface area contributed by atoms with Crippen LogP contribution >= 0.6 is 0 Å². The maximum absolute atomic E-state index is 13.0. The van der Waals surface area contributed by atoms with Gasteiger partial charge in [-0.1, -0.05) is 24.3 Å². The largest absolute Gasteiger partial charge is 0.471 e. The number of benzene rings is 2. The van der Waals surface area contributed by atoms with Crippen LogP contribution in [0.4, 0.5) is 28.9 Å². The van der Waals surface area contributed by atoms with Crippen LogP contribution < -0.4 is 10.6 Å². The number of hydrogen-bond donors (Lipinski definition) is 2. The summed E-state index contributed by atoms with van der Waals surface area (Å²) in [6, 6.07) is 10.9. The minimum atomic E-state index is -5.05. The minimum Gasteiger partial charge on any atom is -0.321 e. The average molecular weight is 352 g/mol. The molecule has 130 valence electrons. The monoisotopic (exact) mass is 352 g/mol. The molecule has 4 nitrogen and oxygen atoms in total. The quantitative estimate of drug-likeness (QED) is 0.646. The van der Waals surface area contributed by atoms with E-state index < -0.39 is 23.8 Å². The molecule has 2 aromatic rings. The molecule has 0 fully saturated rings. The Morgan fingerprint density at radius 1 is 0.920 bits per heavy atom. The third-order valence-electron chi connectivity index (χ3n) is 2.97. The van der Waals surface area contributed by atoms with E-state index in [0.717, 1.165) is 6.08 Å². The lowest BCUT2D eigenvalue weighted by atomic mass is 10.2. The fraction of sp³-hybridized carbons (Fsp3) is 0.0588. The molecular weight excluding hydrogens is 340 g/mol. The first-order chi connectivity index (χ1) is 11.8. The fourth-order valence-electron chi connectivity index (χ4n) is 1.85. The van der Waals surface area contributed by atoms with Crippen molar-refractivity contribution in [3.8, 4) is 0 Å². The highest BCUT2D eigenvalue weighted by atomic mass is 19.4. The SMILES string of the molecule is O=C(/C=C/c1cccc(F)c1)Nc1ccccc1NC(=O)C(F)(F)F. The first-order valence-electron chi connectivity index (χ1n) is 6.97.